The number of nitrogen functional groups attached to an aromatic ring is 1. The van der Waals surface area contributed by atoms with Gasteiger partial charge in [0.15, 0.2) is 17.7 Å². The summed E-state index contributed by atoms with van der Waals surface area (Å²) in [5.41, 5.74) is 9.34. The Labute approximate surface area is 390 Å². The van der Waals surface area contributed by atoms with Gasteiger partial charge < -0.3 is 72.4 Å². The molecule has 35 heteroatoms. The van der Waals surface area contributed by atoms with Gasteiger partial charge in [-0.2, -0.15) is 4.31 Å². The number of amides is 4. The Balaban J connectivity index is 1.37. The maximum atomic E-state index is 12.7. The van der Waals surface area contributed by atoms with Crippen molar-refractivity contribution in [1.82, 2.24) is 40.8 Å². The van der Waals surface area contributed by atoms with Crippen molar-refractivity contribution in [2.75, 3.05) is 44.3 Å². The predicted octanol–water partition coefficient (Wildman–Crippen LogP) is -2.74. The number of aromatic nitrogens is 4. The van der Waals surface area contributed by atoms with Crippen LogP contribution in [0.3, 0.4) is 0 Å². The molecule has 4 amide bonds. The Morgan fingerprint density at radius 3 is 2.26 bits per heavy atom. The number of rotatable bonds is 29. The Morgan fingerprint density at radius 1 is 0.941 bits per heavy atom. The zero-order valence-electron chi connectivity index (χ0n) is 36.5. The van der Waals surface area contributed by atoms with Gasteiger partial charge in [0.05, 0.1) is 32.1 Å². The van der Waals surface area contributed by atoms with E-state index < -0.39 is 120 Å². The number of imidazole rings is 1. The molecule has 1 saturated heterocycles. The normalized spacial score (nSPS) is 20.6. The van der Waals surface area contributed by atoms with Gasteiger partial charge in [-0.15, -0.1) is 0 Å². The molecule has 2 aromatic heterocycles. The third kappa shape index (κ3) is 18.7. The van der Waals surface area contributed by atoms with E-state index in [-0.39, 0.29) is 61.6 Å². The van der Waals surface area contributed by atoms with Crippen LogP contribution in [0, 0.1) is 5.41 Å². The highest BCUT2D eigenvalue weighted by Crippen LogP contribution is 2.61. The van der Waals surface area contributed by atoms with Crippen LogP contribution in [0.4, 0.5) is 5.82 Å². The summed E-state index contributed by atoms with van der Waals surface area (Å²) >= 11 is 0.833. The van der Waals surface area contributed by atoms with Gasteiger partial charge >= 0.3 is 29.4 Å². The number of aliphatic hydroxyl groups is 2. The first-order chi connectivity index (χ1) is 31.6. The minimum absolute atomic E-state index is 0.00130. The van der Waals surface area contributed by atoms with Gasteiger partial charge in [0.1, 0.15) is 42.3 Å². The second-order valence-corrected chi connectivity index (χ2v) is 20.8. The lowest BCUT2D eigenvalue weighted by Crippen LogP contribution is -2.46. The van der Waals surface area contributed by atoms with Crippen LogP contribution in [0.2, 0.25) is 0 Å². The fourth-order valence-electron chi connectivity index (χ4n) is 5.92. The van der Waals surface area contributed by atoms with E-state index in [1.54, 1.807) is 0 Å². The number of aliphatic carboxylic acids is 1. The molecular formula is C33H55N10O21P3S. The van der Waals surface area contributed by atoms with E-state index in [1.807, 2.05) is 0 Å². The highest BCUT2D eigenvalue weighted by atomic mass is 32.2. The second kappa shape index (κ2) is 25.7. The molecule has 3 rings (SSSR count). The fraction of sp³-hybridized carbons (Fsp3) is 0.667. The lowest BCUT2D eigenvalue weighted by Gasteiger charge is -2.30. The van der Waals surface area contributed by atoms with E-state index >= 15 is 0 Å². The van der Waals surface area contributed by atoms with Crippen LogP contribution in [0.15, 0.2) is 12.7 Å². The van der Waals surface area contributed by atoms with Crippen LogP contribution in [0.25, 0.3) is 11.2 Å². The van der Waals surface area contributed by atoms with Crippen molar-refractivity contribution in [3.63, 3.8) is 0 Å². The number of anilines is 1. The minimum atomic E-state index is -5.62. The molecule has 68 heavy (non-hydrogen) atoms. The lowest BCUT2D eigenvalue weighted by atomic mass is 9.87. The van der Waals surface area contributed by atoms with E-state index in [0.717, 1.165) is 29.0 Å². The average Bonchev–Trinajstić information content (AvgIpc) is 3.81. The molecule has 0 spiro atoms. The van der Waals surface area contributed by atoms with Crippen LogP contribution in [0.5, 0.6) is 0 Å². The summed E-state index contributed by atoms with van der Waals surface area (Å²) in [5, 5.41) is 39.9. The summed E-state index contributed by atoms with van der Waals surface area (Å²) in [4.78, 5) is 123. The quantitative estimate of drug-likeness (QED) is 0.0290. The van der Waals surface area contributed by atoms with E-state index in [4.69, 9.17) is 25.3 Å². The van der Waals surface area contributed by atoms with Crippen molar-refractivity contribution in [2.45, 2.75) is 95.6 Å². The highest BCUT2D eigenvalue weighted by Gasteiger charge is 2.50. The maximum absolute atomic E-state index is 12.7. The van der Waals surface area contributed by atoms with Crippen LogP contribution in [0.1, 0.15) is 59.1 Å². The Morgan fingerprint density at radius 2 is 1.62 bits per heavy atom. The number of nitrogens with zero attached hydrogens (tertiary/aromatic N) is 4. The first-order valence-corrected chi connectivity index (χ1v) is 25.6. The summed E-state index contributed by atoms with van der Waals surface area (Å²) in [5.74, 6) is -3.85. The molecule has 1 fully saturated rings. The smallest absolute Gasteiger partial charge is 0.480 e. The molecule has 3 heterocycles. The van der Waals surface area contributed by atoms with Gasteiger partial charge in [-0.3, -0.25) is 42.1 Å². The van der Waals surface area contributed by atoms with E-state index in [2.05, 4.69) is 45.1 Å². The third-order valence-corrected chi connectivity index (χ3v) is 13.6. The predicted molar refractivity (Wildman–Crippen MR) is 232 cm³/mol. The number of aliphatic hydroxyl groups excluding tert-OH is 2. The van der Waals surface area contributed by atoms with Crippen LogP contribution in [-0.4, -0.2) is 164 Å². The first kappa shape index (κ1) is 58.2. The van der Waals surface area contributed by atoms with Crippen LogP contribution < -0.4 is 32.7 Å². The number of carbonyl (C=O) groups is 6. The summed E-state index contributed by atoms with van der Waals surface area (Å²) < 4.78 is 62.2. The molecule has 0 aliphatic carbocycles. The third-order valence-electron chi connectivity index (χ3n) is 9.44. The van der Waals surface area contributed by atoms with Crippen molar-refractivity contribution in [2.24, 2.45) is 11.1 Å². The minimum Gasteiger partial charge on any atom is -0.480 e. The van der Waals surface area contributed by atoms with Gasteiger partial charge in [-0.25, -0.2) is 33.4 Å². The van der Waals surface area contributed by atoms with E-state index in [1.165, 1.54) is 20.8 Å². The van der Waals surface area contributed by atoms with Crippen molar-refractivity contribution in [3.8, 4) is 0 Å². The average molecular weight is 1050 g/mol. The van der Waals surface area contributed by atoms with E-state index in [9.17, 15) is 77.4 Å². The molecule has 0 saturated carbocycles. The molecule has 15 N–H and O–H groups in total. The second-order valence-electron chi connectivity index (χ2n) is 15.4. The van der Waals surface area contributed by atoms with Crippen LogP contribution >= 0.6 is 35.2 Å². The molecule has 0 radical (unpaired) electrons. The number of fused-ring (bicyclic) bond motifs is 1. The number of hydrogen-bond acceptors (Lipinski definition) is 22. The monoisotopic (exact) mass is 1050 g/mol. The molecule has 384 valence electrons. The number of hydrogen-bond donors (Lipinski definition) is 13. The van der Waals surface area contributed by atoms with E-state index in [0.29, 0.717) is 12.8 Å². The van der Waals surface area contributed by atoms with Crippen molar-refractivity contribution >= 4 is 86.9 Å². The standard InChI is InChI=1S/C33H55N10O21P3S/c1-17(41-21(45)7-5-4-6-18(31(50)51)42-22(46)12-34)32(52)68-11-10-36-20(44)8-9-37-29(49)26(48)33(2,3)14-61-67(58,59)64-66(56,57)60-13-19-25(63-65(53,54)55)24(47)30(62-19)43-16-40-23-27(35)38-15-39-28(23)43/h15-19,24-26,30,47-48H,4-14,34H2,1-3H3,(H,36,44)(H,37,49)(H,41,45)(H,42,46)(H,50,51)(H,56,57)(H,58,59)(H2,35,38,39)(H2,53,54,55). The Kier molecular flexibility index (Phi) is 22.0. The molecule has 31 nitrogen and oxygen atoms in total. The summed E-state index contributed by atoms with van der Waals surface area (Å²) in [7, 11) is -16.5. The lowest BCUT2D eigenvalue weighted by molar-refractivity contribution is -0.141. The number of carboxylic acids is 1. The van der Waals surface area contributed by atoms with Gasteiger partial charge in [-0.05, 0) is 19.8 Å². The maximum Gasteiger partial charge on any atom is 0.481 e. The SMILES string of the molecule is CC(NC(=O)CCCCC(NC(=O)CN)C(=O)O)C(=O)SCCNC(=O)CCNC(=O)C(O)C(C)(C)COP(=O)(O)OP(=O)(O)OCC1OC(n2cnc3c(N)ncnc32)C(O)C1OP(=O)(O)O. The number of carboxylic acid groups (broad SMARTS) is 1. The summed E-state index contributed by atoms with van der Waals surface area (Å²) in [6, 6.07) is -2.03. The van der Waals surface area contributed by atoms with Crippen LogP contribution in [-0.2, 0) is 65.1 Å². The number of unbranched alkanes of at least 4 members (excludes halogenated alkanes) is 1. The number of thioether (sulfide) groups is 1. The Hall–Kier alpha value is -4.07. The fourth-order valence-corrected chi connectivity index (χ4v) is 9.47. The highest BCUT2D eigenvalue weighted by molar-refractivity contribution is 8.13. The number of ether oxygens (including phenoxy) is 1. The number of phosphoric acid groups is 3. The summed E-state index contributed by atoms with van der Waals surface area (Å²) in [6.07, 6.45) is -6.57. The first-order valence-electron chi connectivity index (χ1n) is 20.1. The van der Waals surface area contributed by atoms with Crippen molar-refractivity contribution in [1.29, 1.82) is 0 Å². The molecule has 1 aliphatic heterocycles. The molecular weight excluding hydrogens is 997 g/mol. The van der Waals surface area contributed by atoms with Gasteiger partial charge in [-0.1, -0.05) is 32.0 Å². The van der Waals surface area contributed by atoms with Gasteiger partial charge in [0, 0.05) is 37.1 Å². The topological polar surface area (TPSA) is 485 Å². The zero-order chi connectivity index (χ0) is 51.2. The summed E-state index contributed by atoms with van der Waals surface area (Å²) in [6.45, 7) is 1.15. The largest absolute Gasteiger partial charge is 0.481 e. The molecule has 9 unspecified atom stereocenters. The molecule has 1 aliphatic rings. The number of nitrogens with two attached hydrogens (primary N) is 2. The molecule has 9 atom stereocenters. The molecule has 0 aromatic carbocycles. The van der Waals surface area contributed by atoms with Gasteiger partial charge in [0.25, 0.3) is 0 Å². The Bertz CT molecular complexity index is 2250. The number of phosphoric ester groups is 3. The zero-order valence-corrected chi connectivity index (χ0v) is 40.0. The number of carbonyl (C=O) groups excluding carboxylic acids is 5. The number of nitrogens with one attached hydrogen (secondary N) is 4. The van der Waals surface area contributed by atoms with Crippen molar-refractivity contribution in [3.05, 3.63) is 12.7 Å². The molecule has 2 aromatic rings. The van der Waals surface area contributed by atoms with Crippen molar-refractivity contribution < 1.29 is 100.0 Å². The molecule has 0 bridgehead atoms. The van der Waals surface area contributed by atoms with Gasteiger partial charge in [0.2, 0.25) is 28.7 Å².